The third-order valence-electron chi connectivity index (χ3n) is 5.99. The normalized spacial score (nSPS) is 11.8. The second-order valence-corrected chi connectivity index (χ2v) is 11.5. The predicted molar refractivity (Wildman–Crippen MR) is 170 cm³/mol. The van der Waals surface area contributed by atoms with Crippen LogP contribution in [0.1, 0.15) is 31.7 Å². The van der Waals surface area contributed by atoms with Crippen LogP contribution in [0, 0.1) is 6.92 Å². The van der Waals surface area contributed by atoms with Gasteiger partial charge in [0.15, 0.2) is 0 Å². The first kappa shape index (κ1) is 29.4. The zero-order valence-corrected chi connectivity index (χ0v) is 24.6. The number of carbonyl (C=O) groups excluding carboxylic acids is 3. The van der Waals surface area contributed by atoms with Crippen LogP contribution >= 0.6 is 23.1 Å². The number of anilines is 2. The maximum atomic E-state index is 13.3. The molecule has 0 aliphatic heterocycles. The molecule has 11 heteroatoms. The number of rotatable bonds is 10. The number of pyridine rings is 1. The van der Waals surface area contributed by atoms with Crippen molar-refractivity contribution in [2.45, 2.75) is 17.1 Å². The van der Waals surface area contributed by atoms with Crippen molar-refractivity contribution in [3.05, 3.63) is 137 Å². The second-order valence-electron chi connectivity index (χ2n) is 9.17. The molecule has 5 aromatic rings. The molecule has 0 radical (unpaired) electrons. The summed E-state index contributed by atoms with van der Waals surface area (Å²) < 4.78 is 0. The van der Waals surface area contributed by atoms with E-state index in [4.69, 9.17) is 0 Å². The van der Waals surface area contributed by atoms with E-state index in [9.17, 15) is 14.4 Å². The summed E-state index contributed by atoms with van der Waals surface area (Å²) in [7, 11) is 0. The number of hydrogen-bond acceptors (Lipinski definition) is 8. The van der Waals surface area contributed by atoms with E-state index in [1.807, 2.05) is 55.5 Å². The number of thioether (sulfide) groups is 1. The highest BCUT2D eigenvalue weighted by Crippen LogP contribution is 2.37. The molecular weight excluding hydrogens is 581 g/mol. The van der Waals surface area contributed by atoms with Gasteiger partial charge in [-0.15, -0.1) is 22.0 Å². The van der Waals surface area contributed by atoms with E-state index in [1.54, 1.807) is 67.0 Å². The van der Waals surface area contributed by atoms with E-state index in [2.05, 4.69) is 31.1 Å². The van der Waals surface area contributed by atoms with Crippen LogP contribution in [-0.4, -0.2) is 32.9 Å². The molecule has 3 amide bonds. The Labute approximate surface area is 256 Å². The highest BCUT2D eigenvalue weighted by molar-refractivity contribution is 8.00. The van der Waals surface area contributed by atoms with E-state index in [-0.39, 0.29) is 11.6 Å². The average Bonchev–Trinajstić information content (AvgIpc) is 3.45. The minimum absolute atomic E-state index is 0.0630. The molecule has 1 atom stereocenters. The van der Waals surface area contributed by atoms with Crippen molar-refractivity contribution in [2.24, 2.45) is 0 Å². The topological polar surface area (TPSA) is 126 Å². The van der Waals surface area contributed by atoms with Gasteiger partial charge in [0.05, 0.1) is 0 Å². The molecule has 3 N–H and O–H groups in total. The summed E-state index contributed by atoms with van der Waals surface area (Å²) in [5, 5.41) is 17.0. The van der Waals surface area contributed by atoms with Crippen LogP contribution in [0.5, 0.6) is 0 Å². The van der Waals surface area contributed by atoms with Crippen molar-refractivity contribution < 1.29 is 14.4 Å². The van der Waals surface area contributed by atoms with E-state index < -0.39 is 17.1 Å². The van der Waals surface area contributed by atoms with Crippen LogP contribution in [-0.2, 0) is 9.59 Å². The lowest BCUT2D eigenvalue weighted by Crippen LogP contribution is -2.30. The van der Waals surface area contributed by atoms with Crippen LogP contribution in [0.15, 0.2) is 120 Å². The molecule has 1 unspecified atom stereocenters. The summed E-state index contributed by atoms with van der Waals surface area (Å²) in [5.41, 5.74) is 2.50. The van der Waals surface area contributed by atoms with Crippen molar-refractivity contribution in [1.29, 1.82) is 0 Å². The molecule has 9 nitrogen and oxygen atoms in total. The quantitative estimate of drug-likeness (QED) is 0.129. The Morgan fingerprint density at radius 2 is 1.56 bits per heavy atom. The van der Waals surface area contributed by atoms with Gasteiger partial charge in [-0.2, -0.15) is 0 Å². The molecule has 0 saturated heterocycles. The maximum absolute atomic E-state index is 13.3. The van der Waals surface area contributed by atoms with Crippen molar-refractivity contribution in [3.63, 3.8) is 0 Å². The van der Waals surface area contributed by atoms with Crippen LogP contribution in [0.3, 0.4) is 0 Å². The Morgan fingerprint density at radius 1 is 0.837 bits per heavy atom. The van der Waals surface area contributed by atoms with Gasteiger partial charge in [-0.05, 0) is 66.6 Å². The Morgan fingerprint density at radius 3 is 2.21 bits per heavy atom. The number of carbonyl (C=O) groups is 3. The van der Waals surface area contributed by atoms with Gasteiger partial charge in [0.1, 0.15) is 16.0 Å². The van der Waals surface area contributed by atoms with Gasteiger partial charge in [0.25, 0.3) is 11.8 Å². The Bertz CT molecular complexity index is 1730. The first-order chi connectivity index (χ1) is 20.9. The molecular formula is C32H26N6O3S2. The average molecular weight is 607 g/mol. The standard InChI is InChI=1S/C32H26N6O3S2/c1-21-37-38-32(42-21)36-31(41)28(23-10-4-2-5-11-23)43-26-16-14-25(15-17-26)34-30(40)27(19-22-9-8-18-33-20-22)35-29(39)24-12-6-3-7-13-24/h2-20,28H,1H3,(H,34,40)(H,35,39)(H,36,38,41)/b27-19-. The number of amides is 3. The van der Waals surface area contributed by atoms with Crippen molar-refractivity contribution in [3.8, 4) is 0 Å². The third kappa shape index (κ3) is 8.22. The van der Waals surface area contributed by atoms with E-state index in [0.717, 1.165) is 15.5 Å². The lowest BCUT2D eigenvalue weighted by atomic mass is 10.1. The lowest BCUT2D eigenvalue weighted by Gasteiger charge is -2.16. The molecule has 3 aromatic carbocycles. The van der Waals surface area contributed by atoms with Gasteiger partial charge >= 0.3 is 0 Å². The second kappa shape index (κ2) is 14.2. The number of aryl methyl sites for hydroxylation is 1. The SMILES string of the molecule is Cc1nnc(NC(=O)C(Sc2ccc(NC(=O)/C(=C/c3cccnc3)NC(=O)c3ccccc3)cc2)c2ccccc2)s1. The summed E-state index contributed by atoms with van der Waals surface area (Å²) >= 11 is 2.68. The van der Waals surface area contributed by atoms with E-state index >= 15 is 0 Å². The molecule has 2 heterocycles. The van der Waals surface area contributed by atoms with Gasteiger partial charge in [0, 0.05) is 28.5 Å². The smallest absolute Gasteiger partial charge is 0.272 e. The van der Waals surface area contributed by atoms with Crippen LogP contribution in [0.4, 0.5) is 10.8 Å². The number of aromatic nitrogens is 3. The number of nitrogens with zero attached hydrogens (tertiary/aromatic N) is 3. The monoisotopic (exact) mass is 606 g/mol. The zero-order valence-electron chi connectivity index (χ0n) is 22.9. The lowest BCUT2D eigenvalue weighted by molar-refractivity contribution is -0.116. The molecule has 214 valence electrons. The first-order valence-corrected chi connectivity index (χ1v) is 14.9. The van der Waals surface area contributed by atoms with Crippen LogP contribution in [0.2, 0.25) is 0 Å². The Kier molecular flexibility index (Phi) is 9.67. The molecule has 0 fully saturated rings. The van der Waals surface area contributed by atoms with Crippen molar-refractivity contribution >= 4 is 57.7 Å². The van der Waals surface area contributed by atoms with Crippen molar-refractivity contribution in [1.82, 2.24) is 20.5 Å². The third-order valence-corrected chi connectivity index (χ3v) is 8.01. The molecule has 0 saturated carbocycles. The first-order valence-electron chi connectivity index (χ1n) is 13.2. The summed E-state index contributed by atoms with van der Waals surface area (Å²) in [6.07, 6.45) is 4.79. The molecule has 0 spiro atoms. The van der Waals surface area contributed by atoms with Crippen LogP contribution < -0.4 is 16.0 Å². The Hall–Kier alpha value is -5.13. The molecule has 0 aliphatic carbocycles. The molecule has 5 rings (SSSR count). The van der Waals surface area contributed by atoms with Gasteiger partial charge in [-0.1, -0.05) is 65.9 Å². The minimum Gasteiger partial charge on any atom is -0.321 e. The van der Waals surface area contributed by atoms with Crippen LogP contribution in [0.25, 0.3) is 6.08 Å². The summed E-state index contributed by atoms with van der Waals surface area (Å²) in [5.74, 6) is -1.13. The summed E-state index contributed by atoms with van der Waals surface area (Å²) in [6, 6.07) is 28.8. The fourth-order valence-electron chi connectivity index (χ4n) is 3.94. The summed E-state index contributed by atoms with van der Waals surface area (Å²) in [4.78, 5) is 44.3. The molecule has 43 heavy (non-hydrogen) atoms. The highest BCUT2D eigenvalue weighted by Gasteiger charge is 2.23. The number of benzene rings is 3. The molecule has 2 aromatic heterocycles. The van der Waals surface area contributed by atoms with E-state index in [0.29, 0.717) is 21.9 Å². The Balaban J connectivity index is 1.31. The highest BCUT2D eigenvalue weighted by atomic mass is 32.2. The fourth-order valence-corrected chi connectivity index (χ4v) is 5.56. The van der Waals surface area contributed by atoms with Gasteiger partial charge in [-0.25, -0.2) is 0 Å². The minimum atomic E-state index is -0.548. The van der Waals surface area contributed by atoms with Crippen molar-refractivity contribution in [2.75, 3.05) is 10.6 Å². The fraction of sp³-hybridized carbons (Fsp3) is 0.0625. The predicted octanol–water partition coefficient (Wildman–Crippen LogP) is 6.12. The summed E-state index contributed by atoms with van der Waals surface area (Å²) in [6.45, 7) is 1.83. The zero-order chi connectivity index (χ0) is 30.0. The molecule has 0 bridgehead atoms. The van der Waals surface area contributed by atoms with Gasteiger partial charge in [-0.3, -0.25) is 24.7 Å². The maximum Gasteiger partial charge on any atom is 0.272 e. The number of nitrogens with one attached hydrogen (secondary N) is 3. The largest absolute Gasteiger partial charge is 0.321 e. The molecule has 0 aliphatic rings. The van der Waals surface area contributed by atoms with Gasteiger partial charge < -0.3 is 10.6 Å². The van der Waals surface area contributed by atoms with Gasteiger partial charge in [0.2, 0.25) is 11.0 Å². The number of hydrogen-bond donors (Lipinski definition) is 3. The van der Waals surface area contributed by atoms with E-state index in [1.165, 1.54) is 23.1 Å².